The highest BCUT2D eigenvalue weighted by atomic mass is 16.5. The van der Waals surface area contributed by atoms with Gasteiger partial charge in [-0.2, -0.15) is 0 Å². The number of carbonyl (C=O) groups is 1. The second-order valence-corrected chi connectivity index (χ2v) is 5.14. The Morgan fingerprint density at radius 1 is 1.33 bits per heavy atom. The Hall–Kier alpha value is -1.82. The molecule has 2 N–H and O–H groups in total. The molecule has 0 saturated carbocycles. The Kier molecular flexibility index (Phi) is 6.27. The molecule has 0 spiro atoms. The van der Waals surface area contributed by atoms with E-state index in [0.29, 0.717) is 19.7 Å². The Bertz CT molecular complexity index is 447. The van der Waals surface area contributed by atoms with E-state index in [9.17, 15) is 4.79 Å². The van der Waals surface area contributed by atoms with Crippen LogP contribution in [0.1, 0.15) is 24.8 Å². The van der Waals surface area contributed by atoms with Gasteiger partial charge >= 0.3 is 6.03 Å². The molecule has 0 bridgehead atoms. The average Bonchev–Trinajstić information content (AvgIpc) is 2.54. The number of nitrogens with one attached hydrogen (secondary N) is 2. The largest absolute Gasteiger partial charge is 0.383 e. The van der Waals surface area contributed by atoms with Crippen molar-refractivity contribution in [1.82, 2.24) is 15.6 Å². The number of anilines is 1. The van der Waals surface area contributed by atoms with Crippen molar-refractivity contribution in [3.8, 4) is 0 Å². The highest BCUT2D eigenvalue weighted by Crippen LogP contribution is 2.21. The van der Waals surface area contributed by atoms with Crippen LogP contribution in [-0.4, -0.2) is 44.4 Å². The van der Waals surface area contributed by atoms with Crippen molar-refractivity contribution in [2.45, 2.75) is 25.8 Å². The van der Waals surface area contributed by atoms with Crippen molar-refractivity contribution in [2.24, 2.45) is 0 Å². The number of urea groups is 1. The lowest BCUT2D eigenvalue weighted by atomic mass is 10.1. The van der Waals surface area contributed by atoms with Crippen LogP contribution < -0.4 is 15.5 Å². The fraction of sp³-hybridized carbons (Fsp3) is 0.600. The second-order valence-electron chi connectivity index (χ2n) is 5.14. The zero-order valence-corrected chi connectivity index (χ0v) is 12.6. The summed E-state index contributed by atoms with van der Waals surface area (Å²) < 4.78 is 4.89. The summed E-state index contributed by atoms with van der Waals surface area (Å²) in [6.07, 6.45) is 5.52. The molecule has 2 heterocycles. The smallest absolute Gasteiger partial charge is 0.315 e. The molecular formula is C15H24N4O2. The third-order valence-electron chi connectivity index (χ3n) is 3.55. The van der Waals surface area contributed by atoms with Gasteiger partial charge in [0.1, 0.15) is 5.82 Å². The van der Waals surface area contributed by atoms with Crippen LogP contribution >= 0.6 is 0 Å². The molecule has 0 aromatic carbocycles. The Morgan fingerprint density at radius 2 is 2.14 bits per heavy atom. The first kappa shape index (κ1) is 15.6. The van der Waals surface area contributed by atoms with E-state index in [1.165, 1.54) is 19.3 Å². The summed E-state index contributed by atoms with van der Waals surface area (Å²) in [5.74, 6) is 0.995. The van der Waals surface area contributed by atoms with E-state index < -0.39 is 0 Å². The standard InChI is InChI=1S/C15H24N4O2/c1-21-11-8-17-15(20)18-12-13-6-5-7-16-14(13)19-9-3-2-4-10-19/h5-7H,2-4,8-12H2,1H3,(H2,17,18,20). The molecule has 6 nitrogen and oxygen atoms in total. The molecule has 0 radical (unpaired) electrons. The number of nitrogens with zero attached hydrogens (tertiary/aromatic N) is 2. The molecular weight excluding hydrogens is 268 g/mol. The third kappa shape index (κ3) is 4.90. The zero-order valence-electron chi connectivity index (χ0n) is 12.6. The van der Waals surface area contributed by atoms with Crippen LogP contribution in [0.25, 0.3) is 0 Å². The number of amides is 2. The van der Waals surface area contributed by atoms with E-state index in [0.717, 1.165) is 24.5 Å². The molecule has 0 unspecified atom stereocenters. The number of rotatable bonds is 6. The number of hydrogen-bond donors (Lipinski definition) is 2. The lowest BCUT2D eigenvalue weighted by Gasteiger charge is -2.29. The molecule has 1 aromatic heterocycles. The SMILES string of the molecule is COCCNC(=O)NCc1cccnc1N1CCCCC1. The maximum atomic E-state index is 11.7. The van der Waals surface area contributed by atoms with Gasteiger partial charge in [-0.1, -0.05) is 6.07 Å². The van der Waals surface area contributed by atoms with Crippen molar-refractivity contribution in [3.63, 3.8) is 0 Å². The minimum absolute atomic E-state index is 0.180. The minimum atomic E-state index is -0.180. The first-order valence-corrected chi connectivity index (χ1v) is 7.50. The molecule has 1 aromatic rings. The summed E-state index contributed by atoms with van der Waals surface area (Å²) in [7, 11) is 1.61. The van der Waals surface area contributed by atoms with Crippen LogP contribution in [0.4, 0.5) is 10.6 Å². The van der Waals surface area contributed by atoms with Crippen molar-refractivity contribution in [2.75, 3.05) is 38.3 Å². The average molecular weight is 292 g/mol. The van der Waals surface area contributed by atoms with Crippen LogP contribution in [0.15, 0.2) is 18.3 Å². The van der Waals surface area contributed by atoms with Gasteiger partial charge in [-0.05, 0) is 25.3 Å². The van der Waals surface area contributed by atoms with Crippen LogP contribution in [-0.2, 0) is 11.3 Å². The number of hydrogen-bond acceptors (Lipinski definition) is 4. The van der Waals surface area contributed by atoms with Crippen LogP contribution in [0.3, 0.4) is 0 Å². The highest BCUT2D eigenvalue weighted by Gasteiger charge is 2.15. The summed E-state index contributed by atoms with van der Waals surface area (Å²) >= 11 is 0. The first-order chi connectivity index (χ1) is 10.3. The van der Waals surface area contributed by atoms with Gasteiger partial charge in [0.25, 0.3) is 0 Å². The maximum Gasteiger partial charge on any atom is 0.315 e. The predicted octanol–water partition coefficient (Wildman–Crippen LogP) is 1.52. The number of piperidine rings is 1. The van der Waals surface area contributed by atoms with Gasteiger partial charge in [0.2, 0.25) is 0 Å². The molecule has 2 rings (SSSR count). The number of ether oxygens (including phenoxy) is 1. The lowest BCUT2D eigenvalue weighted by molar-refractivity contribution is 0.196. The van der Waals surface area contributed by atoms with E-state index in [-0.39, 0.29) is 6.03 Å². The van der Waals surface area contributed by atoms with Crippen molar-refractivity contribution in [3.05, 3.63) is 23.9 Å². The van der Waals surface area contributed by atoms with Crippen molar-refractivity contribution < 1.29 is 9.53 Å². The number of aromatic nitrogens is 1. The molecule has 0 aliphatic carbocycles. The monoisotopic (exact) mass is 292 g/mol. The normalized spacial score (nSPS) is 14.8. The zero-order chi connectivity index (χ0) is 14.9. The Labute approximate surface area is 125 Å². The summed E-state index contributed by atoms with van der Waals surface area (Å²) in [5, 5.41) is 5.61. The number of pyridine rings is 1. The van der Waals surface area contributed by atoms with Gasteiger partial charge in [-0.25, -0.2) is 9.78 Å². The molecule has 0 atom stereocenters. The van der Waals surface area contributed by atoms with Crippen molar-refractivity contribution >= 4 is 11.8 Å². The summed E-state index contributed by atoms with van der Waals surface area (Å²) in [5.41, 5.74) is 1.06. The van der Waals surface area contributed by atoms with Crippen LogP contribution in [0, 0.1) is 0 Å². The maximum absolute atomic E-state index is 11.7. The van der Waals surface area contributed by atoms with Gasteiger partial charge in [-0.3, -0.25) is 0 Å². The first-order valence-electron chi connectivity index (χ1n) is 7.50. The second kappa shape index (κ2) is 8.46. The molecule has 6 heteroatoms. The Morgan fingerprint density at radius 3 is 2.90 bits per heavy atom. The quantitative estimate of drug-likeness (QED) is 0.780. The van der Waals surface area contributed by atoms with E-state index in [1.54, 1.807) is 7.11 Å². The summed E-state index contributed by atoms with van der Waals surface area (Å²) in [6, 6.07) is 3.75. The minimum Gasteiger partial charge on any atom is -0.383 e. The van der Waals surface area contributed by atoms with Gasteiger partial charge in [-0.15, -0.1) is 0 Å². The highest BCUT2D eigenvalue weighted by molar-refractivity contribution is 5.74. The van der Waals surface area contributed by atoms with Gasteiger partial charge in [0.05, 0.1) is 6.61 Å². The molecule has 2 amide bonds. The van der Waals surface area contributed by atoms with E-state index in [1.807, 2.05) is 18.3 Å². The Balaban J connectivity index is 1.89. The fourth-order valence-electron chi connectivity index (χ4n) is 2.46. The van der Waals surface area contributed by atoms with Crippen LogP contribution in [0.2, 0.25) is 0 Å². The number of methoxy groups -OCH3 is 1. The van der Waals surface area contributed by atoms with Gasteiger partial charge in [0.15, 0.2) is 0 Å². The number of carbonyl (C=O) groups excluding carboxylic acids is 1. The predicted molar refractivity (Wildman–Crippen MR) is 82.4 cm³/mol. The molecule has 21 heavy (non-hydrogen) atoms. The molecule has 1 fully saturated rings. The molecule has 1 aliphatic rings. The van der Waals surface area contributed by atoms with Gasteiger partial charge in [0, 0.05) is 45.0 Å². The van der Waals surface area contributed by atoms with Gasteiger partial charge < -0.3 is 20.3 Å². The fourth-order valence-corrected chi connectivity index (χ4v) is 2.46. The van der Waals surface area contributed by atoms with Crippen molar-refractivity contribution in [1.29, 1.82) is 0 Å². The topological polar surface area (TPSA) is 66.5 Å². The molecule has 116 valence electrons. The van der Waals surface area contributed by atoms with Crippen LogP contribution in [0.5, 0.6) is 0 Å². The van der Waals surface area contributed by atoms with E-state index in [2.05, 4.69) is 20.5 Å². The third-order valence-corrected chi connectivity index (χ3v) is 3.55. The summed E-state index contributed by atoms with van der Waals surface area (Å²) in [4.78, 5) is 18.5. The molecule has 1 saturated heterocycles. The van der Waals surface area contributed by atoms with E-state index >= 15 is 0 Å². The lowest BCUT2D eigenvalue weighted by Crippen LogP contribution is -2.37. The van der Waals surface area contributed by atoms with E-state index in [4.69, 9.17) is 4.74 Å². The summed E-state index contributed by atoms with van der Waals surface area (Å²) in [6.45, 7) is 3.60. The molecule has 1 aliphatic heterocycles.